The molecule has 3 heteroatoms. The van der Waals surface area contributed by atoms with Gasteiger partial charge in [0.25, 0.3) is 0 Å². The third kappa shape index (κ3) is 3.05. The topological polar surface area (TPSA) is 29.5 Å². The Bertz CT molecular complexity index is 575. The second kappa shape index (κ2) is 7.16. The number of esters is 1. The normalized spacial score (nSPS) is 26.9. The molecule has 132 valence electrons. The van der Waals surface area contributed by atoms with E-state index in [1.54, 1.807) is 0 Å². The highest BCUT2D eigenvalue weighted by Crippen LogP contribution is 2.51. The lowest BCUT2D eigenvalue weighted by Crippen LogP contribution is -2.40. The Kier molecular flexibility index (Phi) is 5.17. The molecule has 0 amide bonds. The van der Waals surface area contributed by atoms with Crippen LogP contribution in [0.5, 0.6) is 0 Å². The number of methoxy groups -OCH3 is 1. The van der Waals surface area contributed by atoms with Gasteiger partial charge in [-0.05, 0) is 50.7 Å². The number of anilines is 1. The quantitative estimate of drug-likeness (QED) is 0.699. The molecule has 1 aromatic carbocycles. The molecule has 2 unspecified atom stereocenters. The third-order valence-electron chi connectivity index (χ3n) is 6.42. The molecule has 2 fully saturated rings. The van der Waals surface area contributed by atoms with Crippen molar-refractivity contribution in [3.05, 3.63) is 29.8 Å². The Morgan fingerprint density at radius 2 is 1.71 bits per heavy atom. The summed E-state index contributed by atoms with van der Waals surface area (Å²) in [6.07, 6.45) is 10.7. The Morgan fingerprint density at radius 3 is 2.38 bits per heavy atom. The lowest BCUT2D eigenvalue weighted by molar-refractivity contribution is 0.0601. The van der Waals surface area contributed by atoms with Crippen LogP contribution in [0.25, 0.3) is 0 Å². The maximum atomic E-state index is 12.2. The third-order valence-corrected chi connectivity index (χ3v) is 6.42. The first-order valence-electron chi connectivity index (χ1n) is 9.55. The standard InChI is InChI=1S/C21H31NO2/c1-16-15-21(13-9-5-4-6-10-14-21)17(2)22(16)19-12-8-7-11-18(19)20(23)24-3/h7-8,11-12,16-17H,4-6,9-10,13-15H2,1-3H3. The van der Waals surface area contributed by atoms with E-state index < -0.39 is 0 Å². The molecule has 1 aliphatic carbocycles. The maximum absolute atomic E-state index is 12.2. The molecular weight excluding hydrogens is 298 g/mol. The predicted octanol–water partition coefficient (Wildman–Crippen LogP) is 5.19. The highest BCUT2D eigenvalue weighted by atomic mass is 16.5. The van der Waals surface area contributed by atoms with Gasteiger partial charge in [0.05, 0.1) is 18.4 Å². The van der Waals surface area contributed by atoms with E-state index in [9.17, 15) is 4.79 Å². The van der Waals surface area contributed by atoms with Gasteiger partial charge in [-0.15, -0.1) is 0 Å². The van der Waals surface area contributed by atoms with E-state index in [4.69, 9.17) is 4.74 Å². The molecule has 1 saturated carbocycles. The minimum Gasteiger partial charge on any atom is -0.465 e. The number of hydrogen-bond acceptors (Lipinski definition) is 3. The number of benzene rings is 1. The van der Waals surface area contributed by atoms with Gasteiger partial charge in [-0.3, -0.25) is 0 Å². The lowest BCUT2D eigenvalue weighted by Gasteiger charge is -2.39. The van der Waals surface area contributed by atoms with E-state index in [1.807, 2.05) is 18.2 Å². The van der Waals surface area contributed by atoms with Crippen LogP contribution in [0.1, 0.15) is 75.6 Å². The van der Waals surface area contributed by atoms with E-state index >= 15 is 0 Å². The Balaban J connectivity index is 1.93. The van der Waals surface area contributed by atoms with Gasteiger partial charge >= 0.3 is 5.97 Å². The predicted molar refractivity (Wildman–Crippen MR) is 98.6 cm³/mol. The second-order valence-electron chi connectivity index (χ2n) is 7.78. The lowest BCUT2D eigenvalue weighted by atomic mass is 9.71. The van der Waals surface area contributed by atoms with E-state index in [0.717, 1.165) is 5.69 Å². The largest absolute Gasteiger partial charge is 0.465 e. The molecule has 0 N–H and O–H groups in total. The molecule has 1 spiro atoms. The van der Waals surface area contributed by atoms with Crippen molar-refractivity contribution in [1.82, 2.24) is 0 Å². The average Bonchev–Trinajstić information content (AvgIpc) is 2.81. The summed E-state index contributed by atoms with van der Waals surface area (Å²) in [6.45, 7) is 4.69. The van der Waals surface area contributed by atoms with Crippen LogP contribution in [0, 0.1) is 5.41 Å². The van der Waals surface area contributed by atoms with Gasteiger partial charge < -0.3 is 9.64 Å². The molecule has 0 bridgehead atoms. The van der Waals surface area contributed by atoms with Crippen LogP contribution in [0.4, 0.5) is 5.69 Å². The highest BCUT2D eigenvalue weighted by Gasteiger charge is 2.48. The molecule has 3 nitrogen and oxygen atoms in total. The van der Waals surface area contributed by atoms with Gasteiger partial charge in [0.15, 0.2) is 0 Å². The molecule has 1 heterocycles. The summed E-state index contributed by atoms with van der Waals surface area (Å²) in [5, 5.41) is 0. The fourth-order valence-corrected chi connectivity index (χ4v) is 5.19. The minimum atomic E-state index is -0.233. The number of ether oxygens (including phenoxy) is 1. The zero-order valence-corrected chi connectivity index (χ0v) is 15.4. The summed E-state index contributed by atoms with van der Waals surface area (Å²) >= 11 is 0. The van der Waals surface area contributed by atoms with Crippen molar-refractivity contribution < 1.29 is 9.53 Å². The molecule has 3 rings (SSSR count). The van der Waals surface area contributed by atoms with E-state index in [1.165, 1.54) is 58.5 Å². The highest BCUT2D eigenvalue weighted by molar-refractivity contribution is 5.96. The van der Waals surface area contributed by atoms with Crippen LogP contribution in [0.3, 0.4) is 0 Å². The minimum absolute atomic E-state index is 0.233. The number of carbonyl (C=O) groups is 1. The van der Waals surface area contributed by atoms with Gasteiger partial charge in [-0.1, -0.05) is 44.2 Å². The number of carbonyl (C=O) groups excluding carboxylic acids is 1. The number of para-hydroxylation sites is 1. The summed E-state index contributed by atoms with van der Waals surface area (Å²) in [7, 11) is 1.46. The first-order chi connectivity index (χ1) is 11.6. The molecule has 1 aromatic rings. The van der Waals surface area contributed by atoms with Crippen LogP contribution in [-0.4, -0.2) is 25.2 Å². The monoisotopic (exact) mass is 329 g/mol. The fourth-order valence-electron chi connectivity index (χ4n) is 5.19. The first kappa shape index (κ1) is 17.3. The van der Waals surface area contributed by atoms with Crippen LogP contribution in [-0.2, 0) is 4.74 Å². The molecule has 2 aliphatic rings. The number of nitrogens with zero attached hydrogens (tertiary/aromatic N) is 1. The van der Waals surface area contributed by atoms with Crippen LogP contribution in [0.15, 0.2) is 24.3 Å². The average molecular weight is 329 g/mol. The number of hydrogen-bond donors (Lipinski definition) is 0. The van der Waals surface area contributed by atoms with Crippen LogP contribution >= 0.6 is 0 Å². The summed E-state index contributed by atoms with van der Waals surface area (Å²) < 4.78 is 5.01. The SMILES string of the molecule is COC(=O)c1ccccc1N1C(C)CC2(CCCCCCC2)C1C. The summed E-state index contributed by atoms with van der Waals surface area (Å²) in [5.41, 5.74) is 2.15. The van der Waals surface area contributed by atoms with Crippen molar-refractivity contribution in [3.63, 3.8) is 0 Å². The van der Waals surface area contributed by atoms with Crippen molar-refractivity contribution in [2.24, 2.45) is 5.41 Å². The van der Waals surface area contributed by atoms with Crippen molar-refractivity contribution in [3.8, 4) is 0 Å². The zero-order chi connectivity index (χ0) is 17.2. The Labute approximate surface area is 146 Å². The smallest absolute Gasteiger partial charge is 0.339 e. The summed E-state index contributed by atoms with van der Waals surface area (Å²) in [5.74, 6) is -0.233. The maximum Gasteiger partial charge on any atom is 0.339 e. The fraction of sp³-hybridized carbons (Fsp3) is 0.667. The Hall–Kier alpha value is -1.51. The van der Waals surface area contributed by atoms with E-state index in [-0.39, 0.29) is 5.97 Å². The van der Waals surface area contributed by atoms with Crippen LogP contribution < -0.4 is 4.90 Å². The van der Waals surface area contributed by atoms with Crippen LogP contribution in [0.2, 0.25) is 0 Å². The van der Waals surface area contributed by atoms with E-state index in [0.29, 0.717) is 23.1 Å². The van der Waals surface area contributed by atoms with Gasteiger partial charge in [0, 0.05) is 12.1 Å². The molecule has 24 heavy (non-hydrogen) atoms. The zero-order valence-electron chi connectivity index (χ0n) is 15.4. The van der Waals surface area contributed by atoms with Crippen molar-refractivity contribution in [2.45, 2.75) is 77.3 Å². The second-order valence-corrected chi connectivity index (χ2v) is 7.78. The molecule has 1 aliphatic heterocycles. The van der Waals surface area contributed by atoms with Gasteiger partial charge in [0.1, 0.15) is 0 Å². The van der Waals surface area contributed by atoms with Gasteiger partial charge in [0.2, 0.25) is 0 Å². The van der Waals surface area contributed by atoms with Crippen molar-refractivity contribution >= 4 is 11.7 Å². The first-order valence-corrected chi connectivity index (χ1v) is 9.55. The van der Waals surface area contributed by atoms with Gasteiger partial charge in [-0.2, -0.15) is 0 Å². The molecule has 0 aromatic heterocycles. The Morgan fingerprint density at radius 1 is 1.08 bits per heavy atom. The molecule has 2 atom stereocenters. The molecular formula is C21H31NO2. The molecule has 1 saturated heterocycles. The van der Waals surface area contributed by atoms with E-state index in [2.05, 4.69) is 24.8 Å². The molecule has 0 radical (unpaired) electrons. The van der Waals surface area contributed by atoms with Crippen molar-refractivity contribution in [1.29, 1.82) is 0 Å². The van der Waals surface area contributed by atoms with Crippen molar-refractivity contribution in [2.75, 3.05) is 12.0 Å². The van der Waals surface area contributed by atoms with Gasteiger partial charge in [-0.25, -0.2) is 4.79 Å². The summed E-state index contributed by atoms with van der Waals surface area (Å²) in [6, 6.07) is 8.86. The summed E-state index contributed by atoms with van der Waals surface area (Å²) in [4.78, 5) is 14.7. The number of rotatable bonds is 2.